The van der Waals surface area contributed by atoms with E-state index in [1.807, 2.05) is 6.92 Å². The zero-order valence-electron chi connectivity index (χ0n) is 11.7. The van der Waals surface area contributed by atoms with Crippen LogP contribution >= 0.6 is 0 Å². The summed E-state index contributed by atoms with van der Waals surface area (Å²) in [6, 6.07) is 5.04. The fourth-order valence-corrected chi connectivity index (χ4v) is 2.27. The SMILES string of the molecule is COc1ccc(NC(=O)CN2CC(C)CC2=O)c(N)c1. The first-order valence-electron chi connectivity index (χ1n) is 6.50. The Labute approximate surface area is 117 Å². The van der Waals surface area contributed by atoms with Crippen LogP contribution in [-0.4, -0.2) is 36.9 Å². The van der Waals surface area contributed by atoms with E-state index in [1.54, 1.807) is 30.2 Å². The van der Waals surface area contributed by atoms with Gasteiger partial charge < -0.3 is 20.7 Å². The van der Waals surface area contributed by atoms with Gasteiger partial charge in [-0.15, -0.1) is 0 Å². The number of amides is 2. The van der Waals surface area contributed by atoms with E-state index in [0.717, 1.165) is 0 Å². The Morgan fingerprint density at radius 3 is 2.85 bits per heavy atom. The standard InChI is InChI=1S/C14H19N3O3/c1-9-5-14(19)17(7-9)8-13(18)16-12-4-3-10(20-2)6-11(12)15/h3-4,6,9H,5,7-8,15H2,1-2H3,(H,16,18). The van der Waals surface area contributed by atoms with Crippen LogP contribution in [0.25, 0.3) is 0 Å². The Balaban J connectivity index is 1.96. The first-order chi connectivity index (χ1) is 9.49. The van der Waals surface area contributed by atoms with Gasteiger partial charge in [-0.25, -0.2) is 0 Å². The van der Waals surface area contributed by atoms with Crippen molar-refractivity contribution in [3.05, 3.63) is 18.2 Å². The zero-order chi connectivity index (χ0) is 14.7. The molecule has 0 radical (unpaired) electrons. The van der Waals surface area contributed by atoms with E-state index in [4.69, 9.17) is 10.5 Å². The number of hydrogen-bond donors (Lipinski definition) is 2. The van der Waals surface area contributed by atoms with Crippen molar-refractivity contribution in [2.75, 3.05) is 31.2 Å². The minimum atomic E-state index is -0.246. The number of carbonyl (C=O) groups excluding carboxylic acids is 2. The van der Waals surface area contributed by atoms with Crippen LogP contribution < -0.4 is 15.8 Å². The van der Waals surface area contributed by atoms with Gasteiger partial charge in [-0.05, 0) is 18.1 Å². The van der Waals surface area contributed by atoms with Gasteiger partial charge in [0.2, 0.25) is 11.8 Å². The topological polar surface area (TPSA) is 84.7 Å². The van der Waals surface area contributed by atoms with Gasteiger partial charge in [0.25, 0.3) is 0 Å². The first-order valence-corrected chi connectivity index (χ1v) is 6.50. The molecule has 3 N–H and O–H groups in total. The van der Waals surface area contributed by atoms with Crippen molar-refractivity contribution >= 4 is 23.2 Å². The minimum absolute atomic E-state index is 0.0235. The van der Waals surface area contributed by atoms with Crippen molar-refractivity contribution in [3.63, 3.8) is 0 Å². The second kappa shape index (κ2) is 5.81. The summed E-state index contributed by atoms with van der Waals surface area (Å²) >= 11 is 0. The predicted octanol–water partition coefficient (Wildman–Crippen LogP) is 1.08. The quantitative estimate of drug-likeness (QED) is 0.807. The van der Waals surface area contributed by atoms with Gasteiger partial charge in [-0.1, -0.05) is 6.92 Å². The van der Waals surface area contributed by atoms with Gasteiger partial charge in [-0.3, -0.25) is 9.59 Å². The monoisotopic (exact) mass is 277 g/mol. The number of rotatable bonds is 4. The van der Waals surface area contributed by atoms with Crippen LogP contribution in [-0.2, 0) is 9.59 Å². The smallest absolute Gasteiger partial charge is 0.244 e. The molecule has 0 spiro atoms. The molecule has 1 aromatic rings. The van der Waals surface area contributed by atoms with Gasteiger partial charge in [-0.2, -0.15) is 0 Å². The third-order valence-corrected chi connectivity index (χ3v) is 3.28. The number of nitrogen functional groups attached to an aromatic ring is 1. The fraction of sp³-hybridized carbons (Fsp3) is 0.429. The average Bonchev–Trinajstić information content (AvgIpc) is 2.70. The lowest BCUT2D eigenvalue weighted by atomic mass is 10.2. The average molecular weight is 277 g/mol. The molecule has 1 heterocycles. The Kier molecular flexibility index (Phi) is 4.12. The summed E-state index contributed by atoms with van der Waals surface area (Å²) in [6.07, 6.45) is 0.512. The summed E-state index contributed by atoms with van der Waals surface area (Å²) in [5.41, 5.74) is 6.78. The summed E-state index contributed by atoms with van der Waals surface area (Å²) in [5, 5.41) is 2.71. The highest BCUT2D eigenvalue weighted by atomic mass is 16.5. The maximum absolute atomic E-state index is 11.9. The maximum atomic E-state index is 11.9. The number of nitrogens with zero attached hydrogens (tertiary/aromatic N) is 1. The molecule has 1 fully saturated rings. The van der Waals surface area contributed by atoms with Crippen molar-refractivity contribution in [3.8, 4) is 5.75 Å². The number of anilines is 2. The lowest BCUT2D eigenvalue weighted by molar-refractivity contribution is -0.131. The largest absolute Gasteiger partial charge is 0.497 e. The van der Waals surface area contributed by atoms with E-state index in [2.05, 4.69) is 5.32 Å². The highest BCUT2D eigenvalue weighted by Crippen LogP contribution is 2.24. The fourth-order valence-electron chi connectivity index (χ4n) is 2.27. The molecule has 6 heteroatoms. The number of hydrogen-bond acceptors (Lipinski definition) is 4. The van der Waals surface area contributed by atoms with E-state index in [1.165, 1.54) is 0 Å². The molecule has 1 unspecified atom stereocenters. The van der Waals surface area contributed by atoms with Crippen LogP contribution in [0.2, 0.25) is 0 Å². The molecule has 1 atom stereocenters. The number of benzene rings is 1. The van der Waals surface area contributed by atoms with Crippen molar-refractivity contribution in [2.45, 2.75) is 13.3 Å². The van der Waals surface area contributed by atoms with Gasteiger partial charge in [0.15, 0.2) is 0 Å². The molecule has 0 saturated carbocycles. The zero-order valence-corrected chi connectivity index (χ0v) is 11.7. The maximum Gasteiger partial charge on any atom is 0.244 e. The predicted molar refractivity (Wildman–Crippen MR) is 76.4 cm³/mol. The molecule has 20 heavy (non-hydrogen) atoms. The number of methoxy groups -OCH3 is 1. The van der Waals surface area contributed by atoms with Crippen molar-refractivity contribution < 1.29 is 14.3 Å². The molecular formula is C14H19N3O3. The minimum Gasteiger partial charge on any atom is -0.497 e. The molecular weight excluding hydrogens is 258 g/mol. The molecule has 1 aliphatic rings. The molecule has 6 nitrogen and oxygen atoms in total. The summed E-state index contributed by atoms with van der Waals surface area (Å²) < 4.78 is 5.04. The van der Waals surface area contributed by atoms with Crippen LogP contribution in [0.4, 0.5) is 11.4 Å². The van der Waals surface area contributed by atoms with Crippen LogP contribution in [0.1, 0.15) is 13.3 Å². The Bertz CT molecular complexity index is 530. The van der Waals surface area contributed by atoms with Crippen molar-refractivity contribution in [2.24, 2.45) is 5.92 Å². The number of carbonyl (C=O) groups is 2. The molecule has 1 aliphatic heterocycles. The molecule has 2 rings (SSSR count). The Morgan fingerprint density at radius 2 is 2.30 bits per heavy atom. The summed E-state index contributed by atoms with van der Waals surface area (Å²) in [7, 11) is 1.55. The van der Waals surface area contributed by atoms with E-state index < -0.39 is 0 Å². The van der Waals surface area contributed by atoms with Crippen LogP contribution in [0.3, 0.4) is 0 Å². The molecule has 2 amide bonds. The lowest BCUT2D eigenvalue weighted by Gasteiger charge is -2.16. The van der Waals surface area contributed by atoms with Crippen molar-refractivity contribution in [1.29, 1.82) is 0 Å². The van der Waals surface area contributed by atoms with Gasteiger partial charge in [0.05, 0.1) is 25.0 Å². The first kappa shape index (κ1) is 14.2. The molecule has 1 aromatic carbocycles. The van der Waals surface area contributed by atoms with E-state index in [-0.39, 0.29) is 18.4 Å². The Hall–Kier alpha value is -2.24. The van der Waals surface area contributed by atoms with Crippen molar-refractivity contribution in [1.82, 2.24) is 4.90 Å². The van der Waals surface area contributed by atoms with Gasteiger partial charge in [0, 0.05) is 19.0 Å². The number of likely N-dealkylation sites (tertiary alicyclic amines) is 1. The normalized spacial score (nSPS) is 18.2. The number of nitrogens with two attached hydrogens (primary N) is 1. The Morgan fingerprint density at radius 1 is 1.55 bits per heavy atom. The van der Waals surface area contributed by atoms with Gasteiger partial charge >= 0.3 is 0 Å². The number of nitrogens with one attached hydrogen (secondary N) is 1. The van der Waals surface area contributed by atoms with E-state index >= 15 is 0 Å². The number of ether oxygens (including phenoxy) is 1. The molecule has 108 valence electrons. The second-order valence-corrected chi connectivity index (χ2v) is 5.08. The van der Waals surface area contributed by atoms with Crippen LogP contribution in [0.5, 0.6) is 5.75 Å². The van der Waals surface area contributed by atoms with Crippen LogP contribution in [0, 0.1) is 5.92 Å². The molecule has 0 bridgehead atoms. The third kappa shape index (κ3) is 3.20. The third-order valence-electron chi connectivity index (χ3n) is 3.28. The lowest BCUT2D eigenvalue weighted by Crippen LogP contribution is -2.34. The highest BCUT2D eigenvalue weighted by molar-refractivity contribution is 5.97. The van der Waals surface area contributed by atoms with E-state index in [9.17, 15) is 9.59 Å². The highest BCUT2D eigenvalue weighted by Gasteiger charge is 2.27. The summed E-state index contributed by atoms with van der Waals surface area (Å²) in [5.74, 6) is 0.713. The molecule has 0 aromatic heterocycles. The molecule has 1 saturated heterocycles. The molecule has 0 aliphatic carbocycles. The summed E-state index contributed by atoms with van der Waals surface area (Å²) in [4.78, 5) is 25.1. The second-order valence-electron chi connectivity index (χ2n) is 5.08. The van der Waals surface area contributed by atoms with Crippen LogP contribution in [0.15, 0.2) is 18.2 Å². The summed E-state index contributed by atoms with van der Waals surface area (Å²) in [6.45, 7) is 2.69. The van der Waals surface area contributed by atoms with Gasteiger partial charge in [0.1, 0.15) is 5.75 Å². The van der Waals surface area contributed by atoms with E-state index in [0.29, 0.717) is 36.0 Å².